The predicted molar refractivity (Wildman–Crippen MR) is 74.0 cm³/mol. The molecule has 1 aromatic carbocycles. The Morgan fingerprint density at radius 3 is 2.89 bits per heavy atom. The van der Waals surface area contributed by atoms with Crippen LogP contribution in [0.15, 0.2) is 24.3 Å². The van der Waals surface area contributed by atoms with Crippen molar-refractivity contribution in [2.75, 3.05) is 30.4 Å². The highest BCUT2D eigenvalue weighted by atomic mass is 16.5. The van der Waals surface area contributed by atoms with E-state index < -0.39 is 0 Å². The van der Waals surface area contributed by atoms with Gasteiger partial charge in [-0.3, -0.25) is 4.79 Å². The number of nitrogens with zero attached hydrogens (tertiary/aromatic N) is 1. The standard InChI is InChI=1S/C14H19N3O2/c15-11-3-1-2-4-12(11)17-7-8-19-9-13(17)14(18)16-10-5-6-10/h1-4,10,13H,5-9,15H2,(H,16,18). The molecule has 102 valence electrons. The number of para-hydroxylation sites is 2. The Morgan fingerprint density at radius 1 is 1.37 bits per heavy atom. The van der Waals surface area contributed by atoms with Gasteiger partial charge in [-0.05, 0) is 25.0 Å². The number of ether oxygens (including phenoxy) is 1. The van der Waals surface area contributed by atoms with Crippen LogP contribution in [0.2, 0.25) is 0 Å². The Labute approximate surface area is 112 Å². The summed E-state index contributed by atoms with van der Waals surface area (Å²) in [5.41, 5.74) is 7.63. The highest BCUT2D eigenvalue weighted by molar-refractivity contribution is 5.87. The van der Waals surface area contributed by atoms with Crippen molar-refractivity contribution in [1.82, 2.24) is 5.32 Å². The Balaban J connectivity index is 1.80. The SMILES string of the molecule is Nc1ccccc1N1CCOCC1C(=O)NC1CC1. The molecule has 19 heavy (non-hydrogen) atoms. The molecule has 1 amide bonds. The van der Waals surface area contributed by atoms with Crippen molar-refractivity contribution in [3.8, 4) is 0 Å². The second kappa shape index (κ2) is 5.09. The predicted octanol–water partition coefficient (Wildman–Crippen LogP) is 0.753. The molecule has 5 nitrogen and oxygen atoms in total. The number of rotatable bonds is 3. The zero-order valence-electron chi connectivity index (χ0n) is 10.8. The van der Waals surface area contributed by atoms with Gasteiger partial charge in [0.1, 0.15) is 6.04 Å². The molecule has 1 unspecified atom stereocenters. The number of carbonyl (C=O) groups excluding carboxylic acids is 1. The third-order valence-electron chi connectivity index (χ3n) is 3.60. The van der Waals surface area contributed by atoms with E-state index in [9.17, 15) is 4.79 Å². The van der Waals surface area contributed by atoms with Gasteiger partial charge in [0.15, 0.2) is 0 Å². The highest BCUT2D eigenvalue weighted by Crippen LogP contribution is 2.27. The maximum absolute atomic E-state index is 12.3. The zero-order valence-corrected chi connectivity index (χ0v) is 10.8. The lowest BCUT2D eigenvalue weighted by Gasteiger charge is -2.36. The molecule has 3 N–H and O–H groups in total. The molecular weight excluding hydrogens is 242 g/mol. The summed E-state index contributed by atoms with van der Waals surface area (Å²) in [6, 6.07) is 7.75. The lowest BCUT2D eigenvalue weighted by Crippen LogP contribution is -2.54. The molecule has 1 aliphatic heterocycles. The summed E-state index contributed by atoms with van der Waals surface area (Å²) in [5, 5.41) is 3.04. The van der Waals surface area contributed by atoms with E-state index in [-0.39, 0.29) is 11.9 Å². The highest BCUT2D eigenvalue weighted by Gasteiger charge is 2.33. The van der Waals surface area contributed by atoms with Gasteiger partial charge in [-0.25, -0.2) is 0 Å². The van der Waals surface area contributed by atoms with Crippen LogP contribution >= 0.6 is 0 Å². The monoisotopic (exact) mass is 261 g/mol. The maximum Gasteiger partial charge on any atom is 0.245 e. The second-order valence-electron chi connectivity index (χ2n) is 5.13. The average Bonchev–Trinajstić information content (AvgIpc) is 3.23. The quantitative estimate of drug-likeness (QED) is 0.788. The van der Waals surface area contributed by atoms with Crippen LogP contribution in [0, 0.1) is 0 Å². The molecule has 1 atom stereocenters. The van der Waals surface area contributed by atoms with Gasteiger partial charge in [-0.2, -0.15) is 0 Å². The number of nitrogens with two attached hydrogens (primary N) is 1. The Hall–Kier alpha value is -1.75. The van der Waals surface area contributed by atoms with Gasteiger partial charge in [-0.1, -0.05) is 12.1 Å². The second-order valence-corrected chi connectivity index (χ2v) is 5.13. The van der Waals surface area contributed by atoms with Gasteiger partial charge in [0.25, 0.3) is 0 Å². The van der Waals surface area contributed by atoms with Crippen molar-refractivity contribution in [1.29, 1.82) is 0 Å². The first-order chi connectivity index (χ1) is 9.25. The van der Waals surface area contributed by atoms with E-state index in [1.807, 2.05) is 24.3 Å². The van der Waals surface area contributed by atoms with Crippen LogP contribution < -0.4 is 16.0 Å². The van der Waals surface area contributed by atoms with Gasteiger partial charge in [0, 0.05) is 12.6 Å². The molecule has 1 aromatic rings. The molecular formula is C14H19N3O2. The van der Waals surface area contributed by atoms with E-state index in [1.165, 1.54) is 0 Å². The first kappa shape index (κ1) is 12.3. The number of benzene rings is 1. The van der Waals surface area contributed by atoms with E-state index in [0.717, 1.165) is 18.5 Å². The Kier molecular flexibility index (Phi) is 3.29. The molecule has 2 aliphatic rings. The van der Waals surface area contributed by atoms with Crippen molar-refractivity contribution in [2.45, 2.75) is 24.9 Å². The number of hydrogen-bond donors (Lipinski definition) is 2. The van der Waals surface area contributed by atoms with Crippen LogP contribution in [0.3, 0.4) is 0 Å². The van der Waals surface area contributed by atoms with Gasteiger partial charge in [0.2, 0.25) is 5.91 Å². The Morgan fingerprint density at radius 2 is 2.16 bits per heavy atom. The summed E-state index contributed by atoms with van der Waals surface area (Å²) in [7, 11) is 0. The van der Waals surface area contributed by atoms with Gasteiger partial charge in [0.05, 0.1) is 24.6 Å². The van der Waals surface area contributed by atoms with Gasteiger partial charge >= 0.3 is 0 Å². The van der Waals surface area contributed by atoms with Crippen LogP contribution in [-0.2, 0) is 9.53 Å². The van der Waals surface area contributed by atoms with Crippen molar-refractivity contribution >= 4 is 17.3 Å². The van der Waals surface area contributed by atoms with Gasteiger partial charge < -0.3 is 20.7 Å². The topological polar surface area (TPSA) is 67.6 Å². The minimum absolute atomic E-state index is 0.0467. The lowest BCUT2D eigenvalue weighted by atomic mass is 10.1. The fraction of sp³-hybridized carbons (Fsp3) is 0.500. The van der Waals surface area contributed by atoms with Crippen molar-refractivity contribution in [3.05, 3.63) is 24.3 Å². The maximum atomic E-state index is 12.3. The Bertz CT molecular complexity index is 474. The summed E-state index contributed by atoms with van der Waals surface area (Å²) < 4.78 is 5.45. The lowest BCUT2D eigenvalue weighted by molar-refractivity contribution is -0.124. The molecule has 0 aromatic heterocycles. The van der Waals surface area contributed by atoms with E-state index in [1.54, 1.807) is 0 Å². The number of hydrogen-bond acceptors (Lipinski definition) is 4. The van der Waals surface area contributed by atoms with Crippen LogP contribution in [0.4, 0.5) is 11.4 Å². The summed E-state index contributed by atoms with van der Waals surface area (Å²) in [6.45, 7) is 1.74. The summed E-state index contributed by atoms with van der Waals surface area (Å²) >= 11 is 0. The van der Waals surface area contributed by atoms with Gasteiger partial charge in [-0.15, -0.1) is 0 Å². The first-order valence-corrected chi connectivity index (χ1v) is 6.75. The van der Waals surface area contributed by atoms with E-state index in [0.29, 0.717) is 31.5 Å². The smallest absolute Gasteiger partial charge is 0.245 e. The molecule has 5 heteroatoms. The molecule has 1 heterocycles. The van der Waals surface area contributed by atoms with E-state index in [4.69, 9.17) is 10.5 Å². The van der Waals surface area contributed by atoms with Crippen molar-refractivity contribution < 1.29 is 9.53 Å². The largest absolute Gasteiger partial charge is 0.397 e. The fourth-order valence-corrected chi connectivity index (χ4v) is 2.38. The number of nitrogen functional groups attached to an aromatic ring is 1. The number of carbonyl (C=O) groups is 1. The summed E-state index contributed by atoms with van der Waals surface area (Å²) in [6.07, 6.45) is 2.18. The molecule has 0 spiro atoms. The molecule has 3 rings (SSSR count). The molecule has 1 aliphatic carbocycles. The van der Waals surface area contributed by atoms with Crippen LogP contribution in [-0.4, -0.2) is 37.7 Å². The van der Waals surface area contributed by atoms with Crippen LogP contribution in [0.25, 0.3) is 0 Å². The molecule has 0 radical (unpaired) electrons. The normalized spacial score (nSPS) is 23.2. The fourth-order valence-electron chi connectivity index (χ4n) is 2.38. The minimum atomic E-state index is -0.279. The average molecular weight is 261 g/mol. The summed E-state index contributed by atoms with van der Waals surface area (Å²) in [5.74, 6) is 0.0467. The number of nitrogens with one attached hydrogen (secondary N) is 1. The molecule has 2 fully saturated rings. The number of amides is 1. The van der Waals surface area contributed by atoms with E-state index in [2.05, 4.69) is 10.2 Å². The summed E-state index contributed by atoms with van der Waals surface area (Å²) in [4.78, 5) is 14.3. The van der Waals surface area contributed by atoms with E-state index >= 15 is 0 Å². The molecule has 0 bridgehead atoms. The zero-order chi connectivity index (χ0) is 13.2. The molecule has 1 saturated carbocycles. The third-order valence-corrected chi connectivity index (χ3v) is 3.60. The first-order valence-electron chi connectivity index (χ1n) is 6.75. The molecule has 1 saturated heterocycles. The number of morpholine rings is 1. The van der Waals surface area contributed by atoms with Crippen molar-refractivity contribution in [2.24, 2.45) is 0 Å². The minimum Gasteiger partial charge on any atom is -0.397 e. The van der Waals surface area contributed by atoms with Crippen LogP contribution in [0.1, 0.15) is 12.8 Å². The van der Waals surface area contributed by atoms with Crippen molar-refractivity contribution in [3.63, 3.8) is 0 Å². The third kappa shape index (κ3) is 2.66. The number of anilines is 2. The van der Waals surface area contributed by atoms with Crippen LogP contribution in [0.5, 0.6) is 0 Å².